The van der Waals surface area contributed by atoms with Crippen LogP contribution in [0.15, 0.2) is 18.3 Å². The maximum atomic E-state index is 8.36. The molecule has 1 heterocycles. The Morgan fingerprint density at radius 3 is 2.24 bits per heavy atom. The van der Waals surface area contributed by atoms with E-state index in [4.69, 9.17) is 9.90 Å². The second-order valence-electron chi connectivity index (χ2n) is 5.65. The molecule has 1 fully saturated rings. The van der Waals surface area contributed by atoms with Gasteiger partial charge in [-0.25, -0.2) is 0 Å². The molecule has 0 saturated heterocycles. The summed E-state index contributed by atoms with van der Waals surface area (Å²) in [4.78, 5) is 12.9. The van der Waals surface area contributed by atoms with Crippen molar-refractivity contribution in [2.75, 3.05) is 0 Å². The third-order valence-corrected chi connectivity index (χ3v) is 3.09. The van der Waals surface area contributed by atoms with Gasteiger partial charge in [-0.05, 0) is 29.9 Å². The summed E-state index contributed by atoms with van der Waals surface area (Å²) in [5.74, 6) is 1.66. The zero-order chi connectivity index (χ0) is 13.1. The smallest absolute Gasteiger partial charge is 0.290 e. The van der Waals surface area contributed by atoms with E-state index in [1.54, 1.807) is 0 Å². The second kappa shape index (κ2) is 5.30. The van der Waals surface area contributed by atoms with Crippen molar-refractivity contribution in [1.29, 1.82) is 0 Å². The first-order valence-corrected chi connectivity index (χ1v) is 5.94. The summed E-state index contributed by atoms with van der Waals surface area (Å²) in [5, 5.41) is 6.89. The third-order valence-electron chi connectivity index (χ3n) is 3.09. The van der Waals surface area contributed by atoms with Gasteiger partial charge in [0.05, 0.1) is 0 Å². The number of nitrogens with zero attached hydrogens (tertiary/aromatic N) is 1. The predicted molar refractivity (Wildman–Crippen MR) is 68.2 cm³/mol. The molecule has 17 heavy (non-hydrogen) atoms. The van der Waals surface area contributed by atoms with E-state index in [-0.39, 0.29) is 11.9 Å². The highest BCUT2D eigenvalue weighted by Crippen LogP contribution is 2.46. The zero-order valence-electron chi connectivity index (χ0n) is 11.0. The van der Waals surface area contributed by atoms with Gasteiger partial charge in [-0.3, -0.25) is 9.78 Å². The molecular formula is C14H21NO2. The first-order valence-electron chi connectivity index (χ1n) is 5.94. The largest absolute Gasteiger partial charge is 0.483 e. The van der Waals surface area contributed by atoms with Crippen LogP contribution in [0.1, 0.15) is 51.3 Å². The summed E-state index contributed by atoms with van der Waals surface area (Å²) >= 11 is 0. The lowest BCUT2D eigenvalue weighted by Gasteiger charge is -2.17. The van der Waals surface area contributed by atoms with Crippen molar-refractivity contribution < 1.29 is 9.90 Å². The van der Waals surface area contributed by atoms with Crippen LogP contribution >= 0.6 is 0 Å². The second-order valence-corrected chi connectivity index (χ2v) is 5.65. The average molecular weight is 235 g/mol. The molecule has 0 radical (unpaired) electrons. The first kappa shape index (κ1) is 13.7. The van der Waals surface area contributed by atoms with Gasteiger partial charge < -0.3 is 5.11 Å². The minimum absolute atomic E-state index is 0.174. The highest BCUT2D eigenvalue weighted by Gasteiger charge is 2.34. The van der Waals surface area contributed by atoms with Crippen molar-refractivity contribution in [2.45, 2.75) is 45.4 Å². The van der Waals surface area contributed by atoms with Crippen LogP contribution in [-0.4, -0.2) is 16.6 Å². The van der Waals surface area contributed by atoms with E-state index in [1.165, 1.54) is 17.7 Å². The van der Waals surface area contributed by atoms with Crippen LogP contribution in [0.3, 0.4) is 0 Å². The van der Waals surface area contributed by atoms with Crippen molar-refractivity contribution in [3.8, 4) is 0 Å². The van der Waals surface area contributed by atoms with E-state index >= 15 is 0 Å². The molecule has 0 amide bonds. The molecule has 3 nitrogen and oxygen atoms in total. The normalized spacial score (nSPS) is 22.4. The van der Waals surface area contributed by atoms with E-state index in [9.17, 15) is 0 Å². The summed E-state index contributed by atoms with van der Waals surface area (Å²) < 4.78 is 0. The summed E-state index contributed by atoms with van der Waals surface area (Å²) in [6.45, 7) is 8.67. The van der Waals surface area contributed by atoms with Crippen LogP contribution in [0.2, 0.25) is 0 Å². The molecule has 0 aliphatic heterocycles. The van der Waals surface area contributed by atoms with Crippen LogP contribution in [0.4, 0.5) is 0 Å². The zero-order valence-corrected chi connectivity index (χ0v) is 11.0. The number of rotatable bonds is 1. The predicted octanol–water partition coefficient (Wildman–Crippen LogP) is 3.20. The number of hydrogen-bond donors (Lipinski definition) is 1. The van der Waals surface area contributed by atoms with Crippen molar-refractivity contribution >= 4 is 6.47 Å². The van der Waals surface area contributed by atoms with Gasteiger partial charge in [-0.15, -0.1) is 0 Å². The molecule has 94 valence electrons. The Morgan fingerprint density at radius 1 is 1.41 bits per heavy atom. The van der Waals surface area contributed by atoms with Crippen molar-refractivity contribution in [1.82, 2.24) is 4.98 Å². The molecule has 1 N–H and O–H groups in total. The molecule has 1 aliphatic carbocycles. The third kappa shape index (κ3) is 3.84. The van der Waals surface area contributed by atoms with Crippen LogP contribution in [0, 0.1) is 5.92 Å². The van der Waals surface area contributed by atoms with E-state index in [1.807, 2.05) is 0 Å². The van der Waals surface area contributed by atoms with Gasteiger partial charge in [0.15, 0.2) is 0 Å². The van der Waals surface area contributed by atoms with Gasteiger partial charge in [-0.2, -0.15) is 0 Å². The Labute approximate surface area is 103 Å². The summed E-state index contributed by atoms with van der Waals surface area (Å²) in [5.41, 5.74) is 2.79. The number of carbonyl (C=O) groups is 1. The SMILES string of the molecule is CC1CC1c1ccc(C(C)(C)C)nc1.O=CO. The Hall–Kier alpha value is -1.38. The lowest BCUT2D eigenvalue weighted by Crippen LogP contribution is -2.13. The Morgan fingerprint density at radius 2 is 1.94 bits per heavy atom. The molecule has 1 aromatic heterocycles. The Balaban J connectivity index is 0.000000437. The van der Waals surface area contributed by atoms with Gasteiger partial charge in [0, 0.05) is 17.3 Å². The van der Waals surface area contributed by atoms with Crippen LogP contribution in [-0.2, 0) is 10.2 Å². The molecule has 2 atom stereocenters. The molecule has 2 rings (SSSR count). The van der Waals surface area contributed by atoms with Gasteiger partial charge in [0.1, 0.15) is 0 Å². The molecule has 0 bridgehead atoms. The van der Waals surface area contributed by atoms with E-state index < -0.39 is 0 Å². The number of aromatic nitrogens is 1. The highest BCUT2D eigenvalue weighted by molar-refractivity contribution is 5.32. The first-order chi connectivity index (χ1) is 7.90. The highest BCUT2D eigenvalue weighted by atomic mass is 16.3. The maximum absolute atomic E-state index is 8.36. The van der Waals surface area contributed by atoms with Gasteiger partial charge in [0.25, 0.3) is 6.47 Å². The molecule has 2 unspecified atom stereocenters. The summed E-state index contributed by atoms with van der Waals surface area (Å²) in [6.07, 6.45) is 3.41. The topological polar surface area (TPSA) is 50.2 Å². The average Bonchev–Trinajstić information content (AvgIpc) is 2.96. The van der Waals surface area contributed by atoms with Gasteiger partial charge >= 0.3 is 0 Å². The standard InChI is InChI=1S/C13H19N.CH2O2/c1-9-7-11(9)10-5-6-12(14-8-10)13(2,3)4;2-1-3/h5-6,8-9,11H,7H2,1-4H3;1H,(H,2,3). The van der Waals surface area contributed by atoms with Gasteiger partial charge in [-0.1, -0.05) is 33.8 Å². The molecule has 1 saturated carbocycles. The summed E-state index contributed by atoms with van der Waals surface area (Å²) in [7, 11) is 0. The molecule has 1 aliphatic rings. The monoisotopic (exact) mass is 235 g/mol. The quantitative estimate of drug-likeness (QED) is 0.760. The van der Waals surface area contributed by atoms with Crippen LogP contribution in [0.25, 0.3) is 0 Å². The van der Waals surface area contributed by atoms with E-state index in [0.29, 0.717) is 0 Å². The Bertz CT molecular complexity index is 365. The van der Waals surface area contributed by atoms with E-state index in [0.717, 1.165) is 11.8 Å². The molecule has 3 heteroatoms. The van der Waals surface area contributed by atoms with Gasteiger partial charge in [0.2, 0.25) is 0 Å². The molecule has 1 aromatic rings. The van der Waals surface area contributed by atoms with E-state index in [2.05, 4.69) is 51.0 Å². The number of carboxylic acid groups (broad SMARTS) is 1. The minimum Gasteiger partial charge on any atom is -0.483 e. The fraction of sp³-hybridized carbons (Fsp3) is 0.571. The molecule has 0 spiro atoms. The van der Waals surface area contributed by atoms with Crippen molar-refractivity contribution in [3.63, 3.8) is 0 Å². The number of hydrogen-bond acceptors (Lipinski definition) is 2. The van der Waals surface area contributed by atoms with Crippen molar-refractivity contribution in [3.05, 3.63) is 29.6 Å². The molecular weight excluding hydrogens is 214 g/mol. The fourth-order valence-corrected chi connectivity index (χ4v) is 1.85. The Kier molecular flexibility index (Phi) is 4.27. The van der Waals surface area contributed by atoms with Crippen LogP contribution < -0.4 is 0 Å². The van der Waals surface area contributed by atoms with Crippen molar-refractivity contribution in [2.24, 2.45) is 5.92 Å². The van der Waals surface area contributed by atoms with Crippen LogP contribution in [0.5, 0.6) is 0 Å². The summed E-state index contributed by atoms with van der Waals surface area (Å²) in [6, 6.07) is 4.43. The minimum atomic E-state index is -0.250. The lowest BCUT2D eigenvalue weighted by molar-refractivity contribution is -0.122. The molecule has 0 aromatic carbocycles. The number of pyridine rings is 1. The maximum Gasteiger partial charge on any atom is 0.290 e. The fourth-order valence-electron chi connectivity index (χ4n) is 1.85. The lowest BCUT2D eigenvalue weighted by atomic mass is 9.91.